The van der Waals surface area contributed by atoms with Gasteiger partial charge in [-0.05, 0) is 37.1 Å². The maximum Gasteiger partial charge on any atom is 0.416 e. The Hall–Kier alpha value is -1.81. The van der Waals surface area contributed by atoms with Gasteiger partial charge in [-0.1, -0.05) is 42.5 Å². The third-order valence-corrected chi connectivity index (χ3v) is 3.54. The number of benzene rings is 2. The molecule has 0 saturated heterocycles. The third-order valence-electron chi connectivity index (χ3n) is 3.54. The molecule has 21 heavy (non-hydrogen) atoms. The van der Waals surface area contributed by atoms with Gasteiger partial charge in [0.2, 0.25) is 0 Å². The Balaban J connectivity index is 2.05. The Morgan fingerprint density at radius 1 is 0.762 bits per heavy atom. The quantitative estimate of drug-likeness (QED) is 0.825. The van der Waals surface area contributed by atoms with E-state index in [1.165, 1.54) is 12.1 Å². The molecule has 0 amide bonds. The lowest BCUT2D eigenvalue weighted by Gasteiger charge is -2.21. The minimum absolute atomic E-state index is 0.0255. The van der Waals surface area contributed by atoms with E-state index in [-0.39, 0.29) is 12.1 Å². The van der Waals surface area contributed by atoms with Gasteiger partial charge in [0, 0.05) is 12.1 Å². The first-order valence-corrected chi connectivity index (χ1v) is 6.86. The summed E-state index contributed by atoms with van der Waals surface area (Å²) in [5.74, 6) is 0. The summed E-state index contributed by atoms with van der Waals surface area (Å²) >= 11 is 0. The lowest BCUT2D eigenvalue weighted by atomic mass is 10.0. The fourth-order valence-electron chi connectivity index (χ4n) is 2.27. The highest BCUT2D eigenvalue weighted by molar-refractivity contribution is 5.27. The van der Waals surface area contributed by atoms with Gasteiger partial charge in [0.1, 0.15) is 0 Å². The van der Waals surface area contributed by atoms with Crippen LogP contribution in [0.1, 0.15) is 42.6 Å². The van der Waals surface area contributed by atoms with Gasteiger partial charge in [0.15, 0.2) is 0 Å². The van der Waals surface area contributed by atoms with E-state index in [0.29, 0.717) is 0 Å². The van der Waals surface area contributed by atoms with Gasteiger partial charge in [0.25, 0.3) is 0 Å². The summed E-state index contributed by atoms with van der Waals surface area (Å²) in [6.07, 6.45) is -4.29. The predicted molar refractivity (Wildman–Crippen MR) is 77.9 cm³/mol. The van der Waals surface area contributed by atoms with E-state index < -0.39 is 11.7 Å². The van der Waals surface area contributed by atoms with Crippen molar-refractivity contribution in [2.75, 3.05) is 0 Å². The first kappa shape index (κ1) is 15.6. The van der Waals surface area contributed by atoms with Crippen molar-refractivity contribution in [2.45, 2.75) is 32.1 Å². The monoisotopic (exact) mass is 293 g/mol. The molecule has 2 aromatic rings. The molecule has 0 aromatic heterocycles. The summed E-state index contributed by atoms with van der Waals surface area (Å²) in [5.41, 5.74) is 1.37. The lowest BCUT2D eigenvalue weighted by Crippen LogP contribution is -2.22. The minimum atomic E-state index is -4.29. The molecule has 2 rings (SSSR count). The van der Waals surface area contributed by atoms with Gasteiger partial charge in [-0.2, -0.15) is 13.2 Å². The number of alkyl halides is 3. The van der Waals surface area contributed by atoms with Crippen LogP contribution in [0.15, 0.2) is 54.6 Å². The highest BCUT2D eigenvalue weighted by Gasteiger charge is 2.30. The van der Waals surface area contributed by atoms with Gasteiger partial charge in [-0.25, -0.2) is 0 Å². The summed E-state index contributed by atoms with van der Waals surface area (Å²) in [5, 5.41) is 3.39. The van der Waals surface area contributed by atoms with Crippen molar-refractivity contribution in [1.29, 1.82) is 0 Å². The van der Waals surface area contributed by atoms with Gasteiger partial charge >= 0.3 is 6.18 Å². The second kappa shape index (κ2) is 6.31. The first-order valence-electron chi connectivity index (χ1n) is 6.86. The van der Waals surface area contributed by atoms with Crippen molar-refractivity contribution in [1.82, 2.24) is 5.32 Å². The van der Waals surface area contributed by atoms with Crippen molar-refractivity contribution in [2.24, 2.45) is 0 Å². The maximum absolute atomic E-state index is 12.5. The topological polar surface area (TPSA) is 12.0 Å². The number of halogens is 3. The van der Waals surface area contributed by atoms with Crippen LogP contribution in [-0.4, -0.2) is 0 Å². The molecule has 1 N–H and O–H groups in total. The molecule has 0 radical (unpaired) electrons. The molecule has 0 aliphatic carbocycles. The van der Waals surface area contributed by atoms with Gasteiger partial charge < -0.3 is 5.32 Å². The average Bonchev–Trinajstić information content (AvgIpc) is 2.47. The van der Waals surface area contributed by atoms with Crippen LogP contribution >= 0.6 is 0 Å². The number of hydrogen-bond donors (Lipinski definition) is 1. The van der Waals surface area contributed by atoms with Crippen LogP contribution in [-0.2, 0) is 6.18 Å². The maximum atomic E-state index is 12.5. The van der Waals surface area contributed by atoms with Crippen LogP contribution in [0.25, 0.3) is 0 Å². The molecule has 0 saturated carbocycles. The highest BCUT2D eigenvalue weighted by Crippen LogP contribution is 2.30. The Bertz CT molecular complexity index is 561. The summed E-state index contributed by atoms with van der Waals surface area (Å²) in [7, 11) is 0. The van der Waals surface area contributed by atoms with Crippen LogP contribution in [0.3, 0.4) is 0 Å². The second-order valence-electron chi connectivity index (χ2n) is 5.14. The Morgan fingerprint density at radius 3 is 1.71 bits per heavy atom. The van der Waals surface area contributed by atoms with E-state index >= 15 is 0 Å². The van der Waals surface area contributed by atoms with E-state index in [1.807, 2.05) is 44.2 Å². The molecule has 4 heteroatoms. The summed E-state index contributed by atoms with van der Waals surface area (Å²) in [6.45, 7) is 3.98. The van der Waals surface area contributed by atoms with E-state index in [4.69, 9.17) is 0 Å². The zero-order chi connectivity index (χ0) is 15.5. The van der Waals surface area contributed by atoms with Crippen molar-refractivity contribution < 1.29 is 13.2 Å². The zero-order valence-electron chi connectivity index (χ0n) is 12.0. The Labute approximate surface area is 122 Å². The number of rotatable bonds is 4. The van der Waals surface area contributed by atoms with Crippen LogP contribution < -0.4 is 5.32 Å². The fourth-order valence-corrected chi connectivity index (χ4v) is 2.27. The van der Waals surface area contributed by atoms with Crippen LogP contribution in [0.5, 0.6) is 0 Å². The lowest BCUT2D eigenvalue weighted by molar-refractivity contribution is -0.137. The molecule has 0 aliphatic rings. The summed E-state index contributed by atoms with van der Waals surface area (Å²) < 4.78 is 37.6. The summed E-state index contributed by atoms with van der Waals surface area (Å²) in [4.78, 5) is 0. The molecule has 0 bridgehead atoms. The van der Waals surface area contributed by atoms with Crippen molar-refractivity contribution in [3.8, 4) is 0 Å². The molecule has 0 heterocycles. The van der Waals surface area contributed by atoms with E-state index in [1.54, 1.807) is 0 Å². The summed E-state index contributed by atoms with van der Waals surface area (Å²) in [6, 6.07) is 15.3. The van der Waals surface area contributed by atoms with Gasteiger partial charge in [0.05, 0.1) is 5.56 Å². The molecule has 0 aliphatic heterocycles. The van der Waals surface area contributed by atoms with E-state index in [9.17, 15) is 13.2 Å². The third kappa shape index (κ3) is 4.08. The molecule has 0 spiro atoms. The van der Waals surface area contributed by atoms with Crippen molar-refractivity contribution in [3.05, 3.63) is 71.3 Å². The molecule has 2 atom stereocenters. The van der Waals surface area contributed by atoms with Crippen molar-refractivity contribution >= 4 is 0 Å². The predicted octanol–water partition coefficient (Wildman–Crippen LogP) is 5.12. The van der Waals surface area contributed by atoms with E-state index in [0.717, 1.165) is 23.3 Å². The van der Waals surface area contributed by atoms with Crippen LogP contribution in [0.2, 0.25) is 0 Å². The number of hydrogen-bond acceptors (Lipinski definition) is 1. The Morgan fingerprint density at radius 2 is 1.24 bits per heavy atom. The Kier molecular flexibility index (Phi) is 4.68. The van der Waals surface area contributed by atoms with Crippen molar-refractivity contribution in [3.63, 3.8) is 0 Å². The SMILES string of the molecule is CC(N[C@H](C)c1ccccc1)c1ccc(C(F)(F)F)cc1. The molecule has 1 unspecified atom stereocenters. The van der Waals surface area contributed by atoms with E-state index in [2.05, 4.69) is 5.32 Å². The normalized spacial score (nSPS) is 14.7. The van der Waals surface area contributed by atoms with Crippen LogP contribution in [0.4, 0.5) is 13.2 Å². The molecular formula is C17H18F3N. The molecule has 1 nitrogen and oxygen atoms in total. The van der Waals surface area contributed by atoms with Gasteiger partial charge in [-0.3, -0.25) is 0 Å². The largest absolute Gasteiger partial charge is 0.416 e. The molecular weight excluding hydrogens is 275 g/mol. The first-order chi connectivity index (χ1) is 9.88. The average molecular weight is 293 g/mol. The smallest absolute Gasteiger partial charge is 0.304 e. The molecule has 2 aromatic carbocycles. The minimum Gasteiger partial charge on any atom is -0.304 e. The molecule has 112 valence electrons. The second-order valence-corrected chi connectivity index (χ2v) is 5.14. The standard InChI is InChI=1S/C17H18F3N/c1-12(14-6-4-3-5-7-14)21-13(2)15-8-10-16(11-9-15)17(18,19)20/h3-13,21H,1-2H3/t12-,13?/m1/s1. The molecule has 0 fully saturated rings. The zero-order valence-corrected chi connectivity index (χ0v) is 12.0. The van der Waals surface area contributed by atoms with Gasteiger partial charge in [-0.15, -0.1) is 0 Å². The number of nitrogens with one attached hydrogen (secondary N) is 1. The highest BCUT2D eigenvalue weighted by atomic mass is 19.4. The van der Waals surface area contributed by atoms with Crippen LogP contribution in [0, 0.1) is 0 Å². The fraction of sp³-hybridized carbons (Fsp3) is 0.294.